The third-order valence-corrected chi connectivity index (χ3v) is 4.16. The van der Waals surface area contributed by atoms with Gasteiger partial charge in [0.15, 0.2) is 5.82 Å². The van der Waals surface area contributed by atoms with E-state index in [1.54, 1.807) is 13.2 Å². The Bertz CT molecular complexity index is 677. The van der Waals surface area contributed by atoms with E-state index in [-0.39, 0.29) is 0 Å². The van der Waals surface area contributed by atoms with Crippen molar-refractivity contribution in [2.24, 2.45) is 0 Å². The van der Waals surface area contributed by atoms with Gasteiger partial charge in [-0.05, 0) is 22.0 Å². The van der Waals surface area contributed by atoms with Gasteiger partial charge >= 0.3 is 0 Å². The molecule has 0 saturated carbocycles. The second-order valence-corrected chi connectivity index (χ2v) is 5.62. The minimum absolute atomic E-state index is 0.366. The van der Waals surface area contributed by atoms with Gasteiger partial charge in [-0.3, -0.25) is 0 Å². The molecule has 2 heterocycles. The summed E-state index contributed by atoms with van der Waals surface area (Å²) in [6.07, 6.45) is 1.50. The highest BCUT2D eigenvalue weighted by Crippen LogP contribution is 2.27. The van der Waals surface area contributed by atoms with Gasteiger partial charge in [0.1, 0.15) is 10.3 Å². The number of hydrogen-bond donors (Lipinski definition) is 1. The molecule has 0 unspecified atom stereocenters. The van der Waals surface area contributed by atoms with E-state index >= 15 is 0 Å². The zero-order chi connectivity index (χ0) is 14.0. The van der Waals surface area contributed by atoms with Gasteiger partial charge in [-0.25, -0.2) is 9.97 Å². The lowest BCUT2D eigenvalue weighted by atomic mass is 10.3. The summed E-state index contributed by atoms with van der Waals surface area (Å²) in [6.45, 7) is 0.366. The highest BCUT2D eigenvalue weighted by molar-refractivity contribution is 9.10. The Balaban J connectivity index is 2.59. The zero-order valence-corrected chi connectivity index (χ0v) is 13.6. The van der Waals surface area contributed by atoms with Crippen molar-refractivity contribution in [3.05, 3.63) is 37.1 Å². The first kappa shape index (κ1) is 14.9. The predicted molar refractivity (Wildman–Crippen MR) is 81.1 cm³/mol. The molecule has 8 heteroatoms. The Morgan fingerprint density at radius 3 is 2.84 bits per heavy atom. The molecule has 2 aromatic rings. The van der Waals surface area contributed by atoms with Crippen molar-refractivity contribution in [2.75, 3.05) is 7.11 Å². The minimum atomic E-state index is 0.366. The van der Waals surface area contributed by atoms with Crippen LogP contribution in [0.15, 0.2) is 16.7 Å². The Labute approximate surface area is 133 Å². The molecular formula is C11H8BrCl2N3OS. The highest BCUT2D eigenvalue weighted by Gasteiger charge is 2.12. The van der Waals surface area contributed by atoms with Crippen LogP contribution in [0.3, 0.4) is 0 Å². The first-order valence-corrected chi connectivity index (χ1v) is 7.07. The fraction of sp³-hybridized carbons (Fsp3) is 0.182. The SMILES string of the molecule is COCc1[nH]c(-c2ncc(Cl)cc2Cl)nc(=S)c1Br. The first-order chi connectivity index (χ1) is 9.02. The van der Waals surface area contributed by atoms with Gasteiger partial charge < -0.3 is 9.72 Å². The van der Waals surface area contributed by atoms with E-state index in [4.69, 9.17) is 40.2 Å². The van der Waals surface area contributed by atoms with E-state index < -0.39 is 0 Å². The maximum atomic E-state index is 6.10. The van der Waals surface area contributed by atoms with Crippen LogP contribution in [-0.2, 0) is 11.3 Å². The maximum absolute atomic E-state index is 6.10. The summed E-state index contributed by atoms with van der Waals surface area (Å²) >= 11 is 20.5. The number of halogens is 3. The molecule has 0 spiro atoms. The molecule has 0 saturated heterocycles. The zero-order valence-electron chi connectivity index (χ0n) is 9.71. The number of ether oxygens (including phenoxy) is 1. The van der Waals surface area contributed by atoms with Gasteiger partial charge in [0, 0.05) is 13.3 Å². The number of methoxy groups -OCH3 is 1. The highest BCUT2D eigenvalue weighted by atomic mass is 79.9. The van der Waals surface area contributed by atoms with E-state index in [2.05, 4.69) is 30.9 Å². The largest absolute Gasteiger partial charge is 0.378 e. The number of aromatic amines is 1. The molecule has 0 bridgehead atoms. The number of aromatic nitrogens is 3. The van der Waals surface area contributed by atoms with Crippen molar-refractivity contribution in [2.45, 2.75) is 6.61 Å². The minimum Gasteiger partial charge on any atom is -0.378 e. The summed E-state index contributed by atoms with van der Waals surface area (Å²) in [5, 5.41) is 0.859. The monoisotopic (exact) mass is 379 g/mol. The van der Waals surface area contributed by atoms with Crippen molar-refractivity contribution in [3.63, 3.8) is 0 Å². The summed E-state index contributed by atoms with van der Waals surface area (Å²) in [6, 6.07) is 1.60. The fourth-order valence-electron chi connectivity index (χ4n) is 1.45. The van der Waals surface area contributed by atoms with E-state index in [1.165, 1.54) is 6.20 Å². The van der Waals surface area contributed by atoms with Gasteiger partial charge in [-0.15, -0.1) is 0 Å². The molecular weight excluding hydrogens is 373 g/mol. The smallest absolute Gasteiger partial charge is 0.159 e. The summed E-state index contributed by atoms with van der Waals surface area (Å²) in [5.41, 5.74) is 1.26. The van der Waals surface area contributed by atoms with Crippen LogP contribution < -0.4 is 0 Å². The molecule has 0 aliphatic heterocycles. The van der Waals surface area contributed by atoms with Gasteiger partial charge in [0.05, 0.1) is 26.8 Å². The first-order valence-electron chi connectivity index (χ1n) is 5.12. The van der Waals surface area contributed by atoms with Crippen LogP contribution in [0, 0.1) is 4.64 Å². The lowest BCUT2D eigenvalue weighted by molar-refractivity contribution is 0.181. The van der Waals surface area contributed by atoms with Crippen LogP contribution in [0.1, 0.15) is 5.69 Å². The third kappa shape index (κ3) is 3.32. The number of pyridine rings is 1. The molecule has 0 atom stereocenters. The molecule has 19 heavy (non-hydrogen) atoms. The molecule has 0 amide bonds. The standard InChI is InChI=1S/C11H8BrCl2N3OS/c1-18-4-7-8(12)11(19)17-10(16-7)9-6(14)2-5(13)3-15-9/h2-3H,4H2,1H3,(H,16,17,19). The predicted octanol–water partition coefficient (Wildman–Crippen LogP) is 4.42. The van der Waals surface area contributed by atoms with Crippen molar-refractivity contribution in [3.8, 4) is 11.5 Å². The molecule has 100 valence electrons. The summed E-state index contributed by atoms with van der Waals surface area (Å²) in [7, 11) is 1.59. The Kier molecular flexibility index (Phi) is 4.92. The van der Waals surface area contributed by atoms with Gasteiger partial charge in [0.25, 0.3) is 0 Å². The average molecular weight is 381 g/mol. The van der Waals surface area contributed by atoms with E-state index in [0.29, 0.717) is 37.3 Å². The summed E-state index contributed by atoms with van der Waals surface area (Å²) in [5.74, 6) is 0.474. The Morgan fingerprint density at radius 1 is 1.47 bits per heavy atom. The molecule has 0 aromatic carbocycles. The summed E-state index contributed by atoms with van der Waals surface area (Å²) < 4.78 is 6.20. The molecule has 0 radical (unpaired) electrons. The van der Waals surface area contributed by atoms with Crippen molar-refractivity contribution in [1.82, 2.24) is 15.0 Å². The topological polar surface area (TPSA) is 50.8 Å². The number of nitrogens with one attached hydrogen (secondary N) is 1. The maximum Gasteiger partial charge on any atom is 0.159 e. The molecule has 2 rings (SSSR count). The van der Waals surface area contributed by atoms with Crippen LogP contribution in [0.25, 0.3) is 11.5 Å². The number of nitrogens with zero attached hydrogens (tertiary/aromatic N) is 2. The fourth-order valence-corrected chi connectivity index (χ4v) is 2.44. The number of rotatable bonds is 3. The third-order valence-electron chi connectivity index (χ3n) is 2.26. The second kappa shape index (κ2) is 6.28. The lowest BCUT2D eigenvalue weighted by Crippen LogP contribution is -2.01. The van der Waals surface area contributed by atoms with Crippen LogP contribution in [0.5, 0.6) is 0 Å². The molecule has 1 N–H and O–H groups in total. The van der Waals surface area contributed by atoms with E-state index in [0.717, 1.165) is 5.69 Å². The van der Waals surface area contributed by atoms with Crippen LogP contribution >= 0.6 is 51.3 Å². The normalized spacial score (nSPS) is 10.7. The molecule has 0 fully saturated rings. The van der Waals surface area contributed by atoms with Crippen molar-refractivity contribution >= 4 is 51.3 Å². The molecule has 4 nitrogen and oxygen atoms in total. The van der Waals surface area contributed by atoms with E-state index in [9.17, 15) is 0 Å². The summed E-state index contributed by atoms with van der Waals surface area (Å²) in [4.78, 5) is 11.5. The molecule has 0 aliphatic rings. The second-order valence-electron chi connectivity index (χ2n) is 3.60. The lowest BCUT2D eigenvalue weighted by Gasteiger charge is -2.08. The van der Waals surface area contributed by atoms with Gasteiger partial charge in [0.2, 0.25) is 0 Å². The molecule has 2 aromatic heterocycles. The Morgan fingerprint density at radius 2 is 2.21 bits per heavy atom. The quantitative estimate of drug-likeness (QED) is 0.801. The van der Waals surface area contributed by atoms with Crippen molar-refractivity contribution < 1.29 is 4.74 Å². The number of hydrogen-bond acceptors (Lipinski definition) is 4. The van der Waals surface area contributed by atoms with E-state index in [1.807, 2.05) is 0 Å². The van der Waals surface area contributed by atoms with Gasteiger partial charge in [-0.2, -0.15) is 0 Å². The van der Waals surface area contributed by atoms with Crippen LogP contribution in [0.4, 0.5) is 0 Å². The average Bonchev–Trinajstić information content (AvgIpc) is 2.35. The van der Waals surface area contributed by atoms with Crippen molar-refractivity contribution in [1.29, 1.82) is 0 Å². The van der Waals surface area contributed by atoms with Crippen LogP contribution in [0.2, 0.25) is 10.0 Å². The number of H-pyrrole nitrogens is 1. The molecule has 0 aliphatic carbocycles. The van der Waals surface area contributed by atoms with Gasteiger partial charge in [-0.1, -0.05) is 35.4 Å². The Hall–Kier alpha value is -0.530. The van der Waals surface area contributed by atoms with Crippen LogP contribution in [-0.4, -0.2) is 22.1 Å².